The van der Waals surface area contributed by atoms with Crippen molar-refractivity contribution in [2.75, 3.05) is 62.3 Å². The molecule has 11 heteroatoms. The first-order valence-electron chi connectivity index (χ1n) is 11.1. The second-order valence-electron chi connectivity index (χ2n) is 8.18. The van der Waals surface area contributed by atoms with Crippen LogP contribution in [0.3, 0.4) is 0 Å². The number of ether oxygens (including phenoxy) is 2. The van der Waals surface area contributed by atoms with Crippen LogP contribution in [0.4, 0.5) is 17.1 Å². The second kappa shape index (κ2) is 10.7. The number of anilines is 2. The molecule has 34 heavy (non-hydrogen) atoms. The zero-order valence-corrected chi connectivity index (χ0v) is 20.3. The summed E-state index contributed by atoms with van der Waals surface area (Å²) in [5, 5.41) is 12.4. The third-order valence-electron chi connectivity index (χ3n) is 6.01. The van der Waals surface area contributed by atoms with Crippen molar-refractivity contribution in [3.05, 3.63) is 56.6 Å². The van der Waals surface area contributed by atoms with Gasteiger partial charge in [-0.25, -0.2) is 0 Å². The summed E-state index contributed by atoms with van der Waals surface area (Å²) in [6, 6.07) is 10.1. The van der Waals surface area contributed by atoms with Crippen LogP contribution in [0.5, 0.6) is 5.75 Å². The average Bonchev–Trinajstić information content (AvgIpc) is 2.85. The molecule has 2 aromatic carbocycles. The monoisotopic (exact) mass is 508 g/mol. The number of morpholine rings is 1. The highest BCUT2D eigenvalue weighted by Gasteiger charge is 2.28. The smallest absolute Gasteiger partial charge is 0.292 e. The molecule has 4 rings (SSSR count). The van der Waals surface area contributed by atoms with E-state index in [1.54, 1.807) is 42.2 Å². The van der Waals surface area contributed by atoms with Gasteiger partial charge in [-0.05, 0) is 37.3 Å². The number of piperazine rings is 1. The minimum Gasteiger partial charge on any atom is -0.479 e. The molecule has 2 saturated heterocycles. The van der Waals surface area contributed by atoms with Crippen LogP contribution in [0.15, 0.2) is 36.4 Å². The fourth-order valence-corrected chi connectivity index (χ4v) is 4.63. The first-order chi connectivity index (χ1) is 16.3. The van der Waals surface area contributed by atoms with Gasteiger partial charge in [0.05, 0.1) is 23.2 Å². The van der Waals surface area contributed by atoms with Crippen LogP contribution in [-0.2, 0) is 9.53 Å². The zero-order chi connectivity index (χ0) is 24.2. The van der Waals surface area contributed by atoms with Crippen molar-refractivity contribution in [1.82, 2.24) is 4.90 Å². The highest BCUT2D eigenvalue weighted by molar-refractivity contribution is 6.35. The molecule has 2 fully saturated rings. The molecule has 2 aliphatic rings. The number of hydrogen-bond acceptors (Lipinski definition) is 7. The van der Waals surface area contributed by atoms with Gasteiger partial charge in [0.1, 0.15) is 11.4 Å². The summed E-state index contributed by atoms with van der Waals surface area (Å²) in [5.41, 5.74) is 1.59. The number of halogens is 2. The van der Waals surface area contributed by atoms with Crippen molar-refractivity contribution in [3.63, 3.8) is 0 Å². The van der Waals surface area contributed by atoms with Gasteiger partial charge in [-0.1, -0.05) is 23.2 Å². The van der Waals surface area contributed by atoms with Crippen molar-refractivity contribution in [2.24, 2.45) is 0 Å². The number of carbonyl (C=O) groups excluding carboxylic acids is 1. The molecule has 0 aromatic heterocycles. The molecule has 9 nitrogen and oxygen atoms in total. The van der Waals surface area contributed by atoms with Crippen LogP contribution < -0.4 is 14.5 Å². The average molecular weight is 509 g/mol. The molecule has 2 aliphatic heterocycles. The molecule has 1 atom stereocenters. The number of carbonyl (C=O) groups is 1. The lowest BCUT2D eigenvalue weighted by molar-refractivity contribution is -0.384. The quantitative estimate of drug-likeness (QED) is 0.432. The summed E-state index contributed by atoms with van der Waals surface area (Å²) >= 11 is 12.1. The summed E-state index contributed by atoms with van der Waals surface area (Å²) in [6.45, 7) is 6.28. The number of nitro benzene ring substituents is 1. The lowest BCUT2D eigenvalue weighted by atomic mass is 10.1. The first kappa shape index (κ1) is 24.4. The Morgan fingerprint density at radius 2 is 1.74 bits per heavy atom. The summed E-state index contributed by atoms with van der Waals surface area (Å²) in [7, 11) is 0. The molecule has 0 unspecified atom stereocenters. The Balaban J connectivity index is 1.40. The molecule has 0 saturated carbocycles. The Bertz CT molecular complexity index is 1060. The number of nitrogens with zero attached hydrogens (tertiary/aromatic N) is 4. The number of benzene rings is 2. The van der Waals surface area contributed by atoms with Gasteiger partial charge in [0.2, 0.25) is 0 Å². The van der Waals surface area contributed by atoms with Crippen molar-refractivity contribution in [3.8, 4) is 5.75 Å². The van der Waals surface area contributed by atoms with Gasteiger partial charge in [-0.2, -0.15) is 0 Å². The Morgan fingerprint density at radius 3 is 2.38 bits per heavy atom. The Kier molecular flexibility index (Phi) is 7.65. The number of amides is 1. The van der Waals surface area contributed by atoms with Gasteiger partial charge in [0, 0.05) is 56.0 Å². The largest absolute Gasteiger partial charge is 0.479 e. The van der Waals surface area contributed by atoms with E-state index >= 15 is 0 Å². The molecule has 0 bridgehead atoms. The van der Waals surface area contributed by atoms with Crippen molar-refractivity contribution < 1.29 is 19.2 Å². The maximum Gasteiger partial charge on any atom is 0.292 e. The number of hydrogen-bond donors (Lipinski definition) is 0. The van der Waals surface area contributed by atoms with E-state index in [9.17, 15) is 14.9 Å². The third-order valence-corrected chi connectivity index (χ3v) is 6.54. The van der Waals surface area contributed by atoms with Crippen LogP contribution >= 0.6 is 23.2 Å². The molecule has 0 N–H and O–H groups in total. The van der Waals surface area contributed by atoms with E-state index in [2.05, 4.69) is 4.90 Å². The lowest BCUT2D eigenvalue weighted by Gasteiger charge is -2.37. The Labute approximate surface area is 207 Å². The normalized spacial score (nSPS) is 17.4. The van der Waals surface area contributed by atoms with Crippen LogP contribution in [-0.4, -0.2) is 74.3 Å². The van der Waals surface area contributed by atoms with E-state index in [-0.39, 0.29) is 16.5 Å². The first-order valence-corrected chi connectivity index (χ1v) is 11.9. The van der Waals surface area contributed by atoms with Gasteiger partial charge < -0.3 is 24.2 Å². The van der Waals surface area contributed by atoms with E-state index in [1.165, 1.54) is 0 Å². The number of nitro groups is 1. The highest BCUT2D eigenvalue weighted by atomic mass is 35.5. The van der Waals surface area contributed by atoms with Gasteiger partial charge in [-0.3, -0.25) is 14.9 Å². The molecule has 182 valence electrons. The third kappa shape index (κ3) is 5.48. The van der Waals surface area contributed by atoms with E-state index in [4.69, 9.17) is 32.7 Å². The van der Waals surface area contributed by atoms with E-state index in [1.807, 2.05) is 11.0 Å². The molecular weight excluding hydrogens is 483 g/mol. The van der Waals surface area contributed by atoms with Gasteiger partial charge in [0.25, 0.3) is 11.6 Å². The maximum absolute atomic E-state index is 12.9. The van der Waals surface area contributed by atoms with Crippen molar-refractivity contribution in [1.29, 1.82) is 0 Å². The maximum atomic E-state index is 12.9. The standard InChI is InChI=1S/C23H26Cl2N4O5/c1-16(34-22-5-2-17(24)14-19(22)25)23(30)28-8-6-26(7-9-28)18-3-4-20(29(31)32)21(15-18)27-10-12-33-13-11-27/h2-5,14-16H,6-13H2,1H3/t16-/m1/s1. The number of rotatable bonds is 6. The fraction of sp³-hybridized carbons (Fsp3) is 0.435. The predicted molar refractivity (Wildman–Crippen MR) is 131 cm³/mol. The zero-order valence-electron chi connectivity index (χ0n) is 18.8. The predicted octanol–water partition coefficient (Wildman–Crippen LogP) is 3.85. The SMILES string of the molecule is C[C@@H](Oc1ccc(Cl)cc1Cl)C(=O)N1CCN(c2ccc([N+](=O)[O-])c(N3CCOCC3)c2)CC1. The Morgan fingerprint density at radius 1 is 1.03 bits per heavy atom. The minimum absolute atomic E-state index is 0.0892. The Hall–Kier alpha value is -2.75. The fourth-order valence-electron chi connectivity index (χ4n) is 4.17. The van der Waals surface area contributed by atoms with Gasteiger partial charge in [0.15, 0.2) is 6.10 Å². The molecule has 2 aromatic rings. The van der Waals surface area contributed by atoms with Gasteiger partial charge in [-0.15, -0.1) is 0 Å². The second-order valence-corrected chi connectivity index (χ2v) is 9.02. The molecule has 2 heterocycles. The van der Waals surface area contributed by atoms with Crippen LogP contribution in [0, 0.1) is 10.1 Å². The van der Waals surface area contributed by atoms with Gasteiger partial charge >= 0.3 is 0 Å². The van der Waals surface area contributed by atoms with E-state index < -0.39 is 6.10 Å². The summed E-state index contributed by atoms with van der Waals surface area (Å²) < 4.78 is 11.2. The topological polar surface area (TPSA) is 88.4 Å². The summed E-state index contributed by atoms with van der Waals surface area (Å²) in [4.78, 5) is 30.0. The summed E-state index contributed by atoms with van der Waals surface area (Å²) in [5.74, 6) is 0.287. The van der Waals surface area contributed by atoms with E-state index in [0.29, 0.717) is 74.0 Å². The summed E-state index contributed by atoms with van der Waals surface area (Å²) in [6.07, 6.45) is -0.697. The van der Waals surface area contributed by atoms with Crippen molar-refractivity contribution in [2.45, 2.75) is 13.0 Å². The molecule has 1 amide bonds. The van der Waals surface area contributed by atoms with Crippen molar-refractivity contribution >= 4 is 46.2 Å². The highest BCUT2D eigenvalue weighted by Crippen LogP contribution is 2.34. The minimum atomic E-state index is -0.697. The molecule has 0 radical (unpaired) electrons. The molecule has 0 spiro atoms. The van der Waals surface area contributed by atoms with Crippen LogP contribution in [0.2, 0.25) is 10.0 Å². The van der Waals surface area contributed by atoms with Crippen LogP contribution in [0.25, 0.3) is 0 Å². The van der Waals surface area contributed by atoms with Crippen LogP contribution in [0.1, 0.15) is 6.92 Å². The lowest BCUT2D eigenvalue weighted by Crippen LogP contribution is -2.52. The molecular formula is C23H26Cl2N4O5. The van der Waals surface area contributed by atoms with E-state index in [0.717, 1.165) is 5.69 Å². The molecule has 0 aliphatic carbocycles.